The molecule has 0 heterocycles. The topological polar surface area (TPSA) is 87.7 Å². The number of nitrogens with zero attached hydrogens (tertiary/aromatic N) is 1. The highest BCUT2D eigenvalue weighted by atomic mass is 79.9. The number of carbonyl (C=O) groups excluding carboxylic acids is 1. The van der Waals surface area contributed by atoms with Crippen molar-refractivity contribution in [3.8, 4) is 5.75 Å². The predicted octanol–water partition coefficient (Wildman–Crippen LogP) is 2.81. The zero-order valence-corrected chi connectivity index (χ0v) is 12.9. The molecule has 0 saturated carbocycles. The van der Waals surface area contributed by atoms with Gasteiger partial charge in [0.1, 0.15) is 5.75 Å². The summed E-state index contributed by atoms with van der Waals surface area (Å²) in [5.74, 6) is -0.221. The number of carbonyl (C=O) groups is 1. The third-order valence-electron chi connectivity index (χ3n) is 2.84. The number of hydrogen-bond acceptors (Lipinski definition) is 4. The molecule has 0 aliphatic heterocycles. The second-order valence-electron chi connectivity index (χ2n) is 4.48. The van der Waals surface area contributed by atoms with E-state index in [0.29, 0.717) is 16.8 Å². The lowest BCUT2D eigenvalue weighted by Gasteiger charge is -2.04. The highest BCUT2D eigenvalue weighted by Crippen LogP contribution is 2.25. The van der Waals surface area contributed by atoms with Gasteiger partial charge in [0.2, 0.25) is 0 Å². The van der Waals surface area contributed by atoms with Crippen LogP contribution in [0.25, 0.3) is 0 Å². The fraction of sp³-hybridized carbons (Fsp3) is 0.0667. The molecule has 2 aromatic carbocycles. The summed E-state index contributed by atoms with van der Waals surface area (Å²) in [5.41, 5.74) is 10.2. The Hall–Kier alpha value is -2.34. The molecule has 0 aromatic heterocycles. The molecular formula is C15H14BrN3O2. The summed E-state index contributed by atoms with van der Waals surface area (Å²) < 4.78 is 0.823. The van der Waals surface area contributed by atoms with Crippen molar-refractivity contribution in [2.75, 3.05) is 5.73 Å². The number of anilines is 1. The summed E-state index contributed by atoms with van der Waals surface area (Å²) in [6.45, 7) is 1.78. The Bertz CT molecular complexity index is 697. The number of nitrogens with one attached hydrogen (secondary N) is 1. The monoisotopic (exact) mass is 347 g/mol. The minimum Gasteiger partial charge on any atom is -0.507 e. The third-order valence-corrected chi connectivity index (χ3v) is 3.30. The average Bonchev–Trinajstić information content (AvgIpc) is 2.44. The fourth-order valence-electron chi connectivity index (χ4n) is 1.72. The van der Waals surface area contributed by atoms with E-state index in [4.69, 9.17) is 5.73 Å². The van der Waals surface area contributed by atoms with Gasteiger partial charge >= 0.3 is 0 Å². The molecule has 0 radical (unpaired) electrons. The smallest absolute Gasteiger partial charge is 0.271 e. The van der Waals surface area contributed by atoms with Gasteiger partial charge in [0.25, 0.3) is 5.91 Å². The maximum absolute atomic E-state index is 11.8. The molecule has 5 nitrogen and oxygen atoms in total. The van der Waals surface area contributed by atoms with Crippen LogP contribution in [-0.2, 0) is 0 Å². The molecule has 21 heavy (non-hydrogen) atoms. The van der Waals surface area contributed by atoms with Gasteiger partial charge in [-0.05, 0) is 48.9 Å². The van der Waals surface area contributed by atoms with Crippen LogP contribution in [0, 0.1) is 6.92 Å². The van der Waals surface area contributed by atoms with Gasteiger partial charge in [0.05, 0.1) is 6.21 Å². The molecule has 0 unspecified atom stereocenters. The first kappa shape index (κ1) is 15.1. The minimum absolute atomic E-state index is 0.128. The van der Waals surface area contributed by atoms with Crippen molar-refractivity contribution in [3.05, 3.63) is 57.6 Å². The highest BCUT2D eigenvalue weighted by molar-refractivity contribution is 9.10. The Morgan fingerprint density at radius 1 is 1.33 bits per heavy atom. The van der Waals surface area contributed by atoms with Crippen molar-refractivity contribution in [2.45, 2.75) is 6.92 Å². The van der Waals surface area contributed by atoms with Crippen LogP contribution in [0.2, 0.25) is 0 Å². The number of amides is 1. The van der Waals surface area contributed by atoms with E-state index in [0.717, 1.165) is 10.0 Å². The van der Waals surface area contributed by atoms with Gasteiger partial charge in [-0.1, -0.05) is 15.9 Å². The lowest BCUT2D eigenvalue weighted by atomic mass is 10.1. The number of halogens is 1. The van der Waals surface area contributed by atoms with Crippen LogP contribution in [-0.4, -0.2) is 17.2 Å². The SMILES string of the molecule is Cc1cc(Br)cc(C=NNC(=O)c2ccc(N)cc2)c1O. The van der Waals surface area contributed by atoms with Crippen molar-refractivity contribution in [1.82, 2.24) is 5.43 Å². The largest absolute Gasteiger partial charge is 0.507 e. The third kappa shape index (κ3) is 3.82. The molecule has 2 aromatic rings. The summed E-state index contributed by atoms with van der Waals surface area (Å²) in [4.78, 5) is 11.8. The Kier molecular flexibility index (Phi) is 4.59. The van der Waals surface area contributed by atoms with Gasteiger partial charge in [-0.2, -0.15) is 5.10 Å². The number of nitrogens with two attached hydrogens (primary N) is 1. The Morgan fingerprint density at radius 3 is 2.67 bits per heavy atom. The summed E-state index contributed by atoms with van der Waals surface area (Å²) >= 11 is 3.34. The van der Waals surface area contributed by atoms with Crippen LogP contribution in [0.3, 0.4) is 0 Å². The van der Waals surface area contributed by atoms with Gasteiger partial charge in [-0.15, -0.1) is 0 Å². The Labute approximate surface area is 130 Å². The van der Waals surface area contributed by atoms with E-state index < -0.39 is 0 Å². The molecule has 6 heteroatoms. The van der Waals surface area contributed by atoms with Gasteiger partial charge in [0.15, 0.2) is 0 Å². The zero-order chi connectivity index (χ0) is 15.4. The van der Waals surface area contributed by atoms with Crippen molar-refractivity contribution in [2.24, 2.45) is 5.10 Å². The normalized spacial score (nSPS) is 10.8. The van der Waals surface area contributed by atoms with E-state index in [1.165, 1.54) is 6.21 Å². The first-order valence-corrected chi connectivity index (χ1v) is 6.94. The highest BCUT2D eigenvalue weighted by Gasteiger charge is 2.05. The second-order valence-corrected chi connectivity index (χ2v) is 5.40. The molecule has 2 rings (SSSR count). The quantitative estimate of drug-likeness (QED) is 0.453. The van der Waals surface area contributed by atoms with Gasteiger partial charge in [-0.25, -0.2) is 5.43 Å². The molecule has 4 N–H and O–H groups in total. The first-order valence-electron chi connectivity index (χ1n) is 6.15. The molecule has 108 valence electrons. The molecule has 1 amide bonds. The van der Waals surface area contributed by atoms with Crippen LogP contribution in [0.1, 0.15) is 21.5 Å². The van der Waals surface area contributed by atoms with Crippen LogP contribution in [0.15, 0.2) is 46.0 Å². The predicted molar refractivity (Wildman–Crippen MR) is 86.5 cm³/mol. The summed E-state index contributed by atoms with van der Waals surface area (Å²) in [6.07, 6.45) is 1.39. The number of hydrazone groups is 1. The molecule has 0 saturated heterocycles. The molecule has 0 aliphatic rings. The van der Waals surface area contributed by atoms with Crippen molar-refractivity contribution in [3.63, 3.8) is 0 Å². The molecule has 0 spiro atoms. The number of aromatic hydroxyl groups is 1. The maximum atomic E-state index is 11.8. The number of benzene rings is 2. The number of phenols is 1. The molecule has 0 aliphatic carbocycles. The van der Waals surface area contributed by atoms with E-state index in [1.807, 2.05) is 0 Å². The Balaban J connectivity index is 2.09. The summed E-state index contributed by atoms with van der Waals surface area (Å²) in [6, 6.07) is 10.0. The number of rotatable bonds is 3. The molecule has 0 atom stereocenters. The van der Waals surface area contributed by atoms with Gasteiger partial charge < -0.3 is 10.8 Å². The Morgan fingerprint density at radius 2 is 2.00 bits per heavy atom. The van der Waals surface area contributed by atoms with E-state index >= 15 is 0 Å². The minimum atomic E-state index is -0.350. The van der Waals surface area contributed by atoms with Crippen LogP contribution in [0.4, 0.5) is 5.69 Å². The van der Waals surface area contributed by atoms with Gasteiger partial charge in [0, 0.05) is 21.3 Å². The van der Waals surface area contributed by atoms with Crippen LogP contribution < -0.4 is 11.2 Å². The van der Waals surface area contributed by atoms with E-state index in [1.54, 1.807) is 43.3 Å². The summed E-state index contributed by atoms with van der Waals surface area (Å²) in [7, 11) is 0. The second kappa shape index (κ2) is 6.41. The van der Waals surface area contributed by atoms with E-state index in [2.05, 4.69) is 26.5 Å². The van der Waals surface area contributed by atoms with Crippen molar-refractivity contribution >= 4 is 33.7 Å². The van der Waals surface area contributed by atoms with E-state index in [9.17, 15) is 9.90 Å². The lowest BCUT2D eigenvalue weighted by molar-refractivity contribution is 0.0955. The maximum Gasteiger partial charge on any atom is 0.271 e. The number of nitrogen functional groups attached to an aromatic ring is 1. The summed E-state index contributed by atoms with van der Waals surface area (Å²) in [5, 5.41) is 13.7. The fourth-order valence-corrected chi connectivity index (χ4v) is 2.31. The van der Waals surface area contributed by atoms with Crippen LogP contribution >= 0.6 is 15.9 Å². The lowest BCUT2D eigenvalue weighted by Crippen LogP contribution is -2.17. The van der Waals surface area contributed by atoms with Gasteiger partial charge in [-0.3, -0.25) is 4.79 Å². The average molecular weight is 348 g/mol. The van der Waals surface area contributed by atoms with Crippen molar-refractivity contribution in [1.29, 1.82) is 0 Å². The molecule has 0 bridgehead atoms. The van der Waals surface area contributed by atoms with Crippen LogP contribution in [0.5, 0.6) is 5.75 Å². The first-order chi connectivity index (χ1) is 9.97. The molecular weight excluding hydrogens is 334 g/mol. The zero-order valence-electron chi connectivity index (χ0n) is 11.3. The number of aryl methyl sites for hydroxylation is 1. The van der Waals surface area contributed by atoms with E-state index in [-0.39, 0.29) is 11.7 Å². The number of hydrogen-bond donors (Lipinski definition) is 3. The standard InChI is InChI=1S/C15H14BrN3O2/c1-9-6-12(16)7-11(14(9)20)8-18-19-15(21)10-2-4-13(17)5-3-10/h2-8,20H,17H2,1H3,(H,19,21). The molecule has 0 fully saturated rings. The number of phenolic OH excluding ortho intramolecular Hbond substituents is 1. The van der Waals surface area contributed by atoms with Crippen molar-refractivity contribution < 1.29 is 9.90 Å².